The lowest BCUT2D eigenvalue weighted by atomic mass is 10.1. The van der Waals surface area contributed by atoms with Gasteiger partial charge in [0.05, 0.1) is 5.56 Å². The van der Waals surface area contributed by atoms with Crippen molar-refractivity contribution in [2.45, 2.75) is 20.0 Å². The number of alkyl halides is 3. The molecule has 1 aromatic heterocycles. The number of carbonyl (C=O) groups is 1. The van der Waals surface area contributed by atoms with Gasteiger partial charge in [0, 0.05) is 11.1 Å². The second-order valence-electron chi connectivity index (χ2n) is 5.74. The third-order valence-corrected chi connectivity index (χ3v) is 3.85. The van der Waals surface area contributed by atoms with Crippen LogP contribution >= 0.6 is 0 Å². The molecular formula is C18H14F3N3O2. The highest BCUT2D eigenvalue weighted by molar-refractivity contribution is 6.03. The number of nitrogens with zero attached hydrogens (tertiary/aromatic N) is 2. The van der Waals surface area contributed by atoms with Gasteiger partial charge in [-0.3, -0.25) is 10.1 Å². The van der Waals surface area contributed by atoms with Gasteiger partial charge in [-0.15, -0.1) is 5.10 Å². The maximum absolute atomic E-state index is 12.7. The lowest BCUT2D eigenvalue weighted by molar-refractivity contribution is -0.137. The number of hydrogen-bond donors (Lipinski definition) is 1. The molecule has 0 aliphatic heterocycles. The van der Waals surface area contributed by atoms with Crippen LogP contribution < -0.4 is 5.32 Å². The van der Waals surface area contributed by atoms with Crippen molar-refractivity contribution in [2.24, 2.45) is 0 Å². The van der Waals surface area contributed by atoms with E-state index in [1.54, 1.807) is 6.07 Å². The van der Waals surface area contributed by atoms with E-state index in [0.717, 1.165) is 29.3 Å². The number of aromatic nitrogens is 2. The summed E-state index contributed by atoms with van der Waals surface area (Å²) in [7, 11) is 0. The number of hydrogen-bond acceptors (Lipinski definition) is 4. The molecule has 1 heterocycles. The lowest BCUT2D eigenvalue weighted by Gasteiger charge is -2.07. The molecule has 2 aromatic carbocycles. The standard InChI is InChI=1S/C18H14F3N3O2/c1-10-6-7-13(8-11(10)2)16-23-24-17(26-16)22-15(25)12-4-3-5-14(9-12)18(19,20)21/h3-9H,1-2H3,(H,22,24,25). The van der Waals surface area contributed by atoms with Crippen molar-refractivity contribution < 1.29 is 22.4 Å². The number of anilines is 1. The Kier molecular flexibility index (Phi) is 4.50. The van der Waals surface area contributed by atoms with Crippen LogP contribution in [0.1, 0.15) is 27.0 Å². The Morgan fingerprint density at radius 3 is 2.50 bits per heavy atom. The molecule has 134 valence electrons. The molecule has 3 rings (SSSR count). The molecule has 0 aliphatic carbocycles. The van der Waals surface area contributed by atoms with Crippen molar-refractivity contribution in [2.75, 3.05) is 5.32 Å². The van der Waals surface area contributed by atoms with Gasteiger partial charge < -0.3 is 4.42 Å². The number of rotatable bonds is 3. The summed E-state index contributed by atoms with van der Waals surface area (Å²) in [5, 5.41) is 9.87. The summed E-state index contributed by atoms with van der Waals surface area (Å²) in [6.07, 6.45) is -4.53. The molecule has 0 bridgehead atoms. The Balaban J connectivity index is 1.79. The molecule has 3 aromatic rings. The van der Waals surface area contributed by atoms with Crippen LogP contribution in [-0.4, -0.2) is 16.1 Å². The van der Waals surface area contributed by atoms with Crippen LogP contribution in [0.3, 0.4) is 0 Å². The first-order chi connectivity index (χ1) is 12.2. The Morgan fingerprint density at radius 1 is 1.04 bits per heavy atom. The van der Waals surface area contributed by atoms with Crippen molar-refractivity contribution in [1.29, 1.82) is 0 Å². The van der Waals surface area contributed by atoms with Crippen LogP contribution in [0.2, 0.25) is 0 Å². The Labute approximate surface area is 146 Å². The summed E-state index contributed by atoms with van der Waals surface area (Å²) < 4.78 is 43.6. The van der Waals surface area contributed by atoms with Crippen molar-refractivity contribution in [1.82, 2.24) is 10.2 Å². The normalized spacial score (nSPS) is 11.4. The van der Waals surface area contributed by atoms with E-state index in [4.69, 9.17) is 4.42 Å². The quantitative estimate of drug-likeness (QED) is 0.739. The van der Waals surface area contributed by atoms with E-state index in [-0.39, 0.29) is 17.5 Å². The van der Waals surface area contributed by atoms with Crippen LogP contribution in [0, 0.1) is 13.8 Å². The molecular weight excluding hydrogens is 347 g/mol. The van der Waals surface area contributed by atoms with Crippen molar-refractivity contribution in [3.63, 3.8) is 0 Å². The maximum Gasteiger partial charge on any atom is 0.416 e. The summed E-state index contributed by atoms with van der Waals surface area (Å²) >= 11 is 0. The molecule has 0 fully saturated rings. The molecule has 0 saturated heterocycles. The van der Waals surface area contributed by atoms with Crippen molar-refractivity contribution in [3.05, 3.63) is 64.7 Å². The van der Waals surface area contributed by atoms with Crippen molar-refractivity contribution >= 4 is 11.9 Å². The van der Waals surface area contributed by atoms with Gasteiger partial charge in [0.25, 0.3) is 5.91 Å². The molecule has 0 atom stereocenters. The number of nitrogens with one attached hydrogen (secondary N) is 1. The zero-order valence-corrected chi connectivity index (χ0v) is 13.9. The highest BCUT2D eigenvalue weighted by atomic mass is 19.4. The van der Waals surface area contributed by atoms with E-state index in [1.165, 1.54) is 6.07 Å². The molecule has 1 N–H and O–H groups in total. The molecule has 1 amide bonds. The highest BCUT2D eigenvalue weighted by Crippen LogP contribution is 2.29. The SMILES string of the molecule is Cc1ccc(-c2nnc(NC(=O)c3cccc(C(F)(F)F)c3)o2)cc1C. The van der Waals surface area contributed by atoms with Crippen LogP contribution in [-0.2, 0) is 6.18 Å². The van der Waals surface area contributed by atoms with Gasteiger partial charge in [0.1, 0.15) is 0 Å². The Hall–Kier alpha value is -3.16. The predicted molar refractivity (Wildman–Crippen MR) is 88.6 cm³/mol. The molecule has 5 nitrogen and oxygen atoms in total. The molecule has 26 heavy (non-hydrogen) atoms. The fraction of sp³-hybridized carbons (Fsp3) is 0.167. The molecule has 0 spiro atoms. The van der Waals surface area contributed by atoms with Gasteiger partial charge in [-0.05, 0) is 55.3 Å². The Morgan fingerprint density at radius 2 is 1.81 bits per heavy atom. The highest BCUT2D eigenvalue weighted by Gasteiger charge is 2.31. The first-order valence-electron chi connectivity index (χ1n) is 7.64. The van der Waals surface area contributed by atoms with E-state index in [2.05, 4.69) is 15.5 Å². The Bertz CT molecular complexity index is 964. The topological polar surface area (TPSA) is 68.0 Å². The average Bonchev–Trinajstić information content (AvgIpc) is 3.05. The van der Waals surface area contributed by atoms with Crippen LogP contribution in [0.15, 0.2) is 46.9 Å². The first kappa shape index (κ1) is 17.7. The van der Waals surface area contributed by atoms with Gasteiger partial charge in [-0.2, -0.15) is 13.2 Å². The predicted octanol–water partition coefficient (Wildman–Crippen LogP) is 4.62. The summed E-state index contributed by atoms with van der Waals surface area (Å²) in [6, 6.07) is 9.44. The monoisotopic (exact) mass is 361 g/mol. The van der Waals surface area contributed by atoms with Crippen molar-refractivity contribution in [3.8, 4) is 11.5 Å². The average molecular weight is 361 g/mol. The van der Waals surface area contributed by atoms with Crippen LogP contribution in [0.25, 0.3) is 11.5 Å². The smallest absolute Gasteiger partial charge is 0.403 e. The number of aryl methyl sites for hydroxylation is 2. The van der Waals surface area contributed by atoms with E-state index in [9.17, 15) is 18.0 Å². The second-order valence-corrected chi connectivity index (χ2v) is 5.74. The number of carbonyl (C=O) groups excluding carboxylic acids is 1. The van der Waals surface area contributed by atoms with Gasteiger partial charge in [-0.1, -0.05) is 17.2 Å². The summed E-state index contributed by atoms with van der Waals surface area (Å²) in [5.74, 6) is -0.571. The lowest BCUT2D eigenvalue weighted by Crippen LogP contribution is -2.14. The third-order valence-electron chi connectivity index (χ3n) is 3.85. The number of benzene rings is 2. The summed E-state index contributed by atoms with van der Waals surface area (Å²) in [4.78, 5) is 12.1. The number of amides is 1. The van der Waals surface area contributed by atoms with Gasteiger partial charge in [0.2, 0.25) is 5.89 Å². The minimum Gasteiger partial charge on any atom is -0.403 e. The maximum atomic E-state index is 12.7. The molecule has 8 heteroatoms. The molecule has 0 saturated carbocycles. The number of halogens is 3. The van der Waals surface area contributed by atoms with Crippen LogP contribution in [0.4, 0.5) is 19.2 Å². The minimum atomic E-state index is -4.53. The molecule has 0 radical (unpaired) electrons. The first-order valence-corrected chi connectivity index (χ1v) is 7.64. The summed E-state index contributed by atoms with van der Waals surface area (Å²) in [6.45, 7) is 3.90. The van der Waals surface area contributed by atoms with Crippen LogP contribution in [0.5, 0.6) is 0 Å². The van der Waals surface area contributed by atoms with Gasteiger partial charge >= 0.3 is 12.2 Å². The zero-order valence-electron chi connectivity index (χ0n) is 13.9. The van der Waals surface area contributed by atoms with Gasteiger partial charge in [-0.25, -0.2) is 0 Å². The van der Waals surface area contributed by atoms with E-state index >= 15 is 0 Å². The van der Waals surface area contributed by atoms with E-state index in [0.29, 0.717) is 5.56 Å². The fourth-order valence-electron chi connectivity index (χ4n) is 2.27. The zero-order chi connectivity index (χ0) is 18.9. The van der Waals surface area contributed by atoms with Gasteiger partial charge in [0.15, 0.2) is 0 Å². The largest absolute Gasteiger partial charge is 0.416 e. The fourth-order valence-corrected chi connectivity index (χ4v) is 2.27. The second kappa shape index (κ2) is 6.62. The van der Waals surface area contributed by atoms with E-state index < -0.39 is 17.6 Å². The minimum absolute atomic E-state index is 0.161. The molecule has 0 unspecified atom stereocenters. The summed E-state index contributed by atoms with van der Waals surface area (Å²) in [5.41, 5.74) is 1.75. The third kappa shape index (κ3) is 3.74. The molecule has 0 aliphatic rings. The van der Waals surface area contributed by atoms with E-state index in [1.807, 2.05) is 26.0 Å².